The third kappa shape index (κ3) is 2.89. The summed E-state index contributed by atoms with van der Waals surface area (Å²) in [4.78, 5) is 13.3. The van der Waals surface area contributed by atoms with Crippen LogP contribution >= 0.6 is 0 Å². The Morgan fingerprint density at radius 3 is 3.13 bits per heavy atom. The predicted molar refractivity (Wildman–Crippen MR) is 51.8 cm³/mol. The number of ether oxygens (including phenoxy) is 2. The molecule has 1 fully saturated rings. The van der Waals surface area contributed by atoms with Crippen molar-refractivity contribution in [3.8, 4) is 6.07 Å². The minimum absolute atomic E-state index is 0.143. The highest BCUT2D eigenvalue weighted by Crippen LogP contribution is 2.07. The van der Waals surface area contributed by atoms with Gasteiger partial charge < -0.3 is 20.1 Å². The van der Waals surface area contributed by atoms with Crippen LogP contribution in [0.5, 0.6) is 0 Å². The van der Waals surface area contributed by atoms with Crippen molar-refractivity contribution in [1.29, 1.82) is 5.26 Å². The number of carbonyl (C=O) groups excluding carboxylic acids is 1. The molecule has 0 aromatic rings. The molecule has 2 atom stereocenters. The zero-order chi connectivity index (χ0) is 11.3. The zero-order valence-electron chi connectivity index (χ0n) is 8.68. The van der Waals surface area contributed by atoms with Crippen LogP contribution in [0.4, 0.5) is 0 Å². The quantitative estimate of drug-likeness (QED) is 0.630. The summed E-state index contributed by atoms with van der Waals surface area (Å²) in [7, 11) is 1.44. The number of morpholine rings is 1. The molecule has 0 saturated carbocycles. The minimum Gasteiger partial charge on any atom is -0.370 e. The SMILES string of the molecule is COC(CN)C(=O)N1CCOC(C#N)C1. The largest absolute Gasteiger partial charge is 0.370 e. The average Bonchev–Trinajstić information content (AvgIpc) is 2.30. The highest BCUT2D eigenvalue weighted by atomic mass is 16.5. The molecule has 1 aliphatic rings. The number of methoxy groups -OCH3 is 1. The lowest BCUT2D eigenvalue weighted by Crippen LogP contribution is -2.50. The molecule has 1 rings (SSSR count). The first-order chi connectivity index (χ1) is 7.22. The number of carbonyl (C=O) groups is 1. The van der Waals surface area contributed by atoms with Gasteiger partial charge in [0.2, 0.25) is 0 Å². The number of rotatable bonds is 3. The maximum Gasteiger partial charge on any atom is 0.253 e. The van der Waals surface area contributed by atoms with Gasteiger partial charge in [-0.2, -0.15) is 5.26 Å². The third-order valence-electron chi connectivity index (χ3n) is 2.30. The van der Waals surface area contributed by atoms with Gasteiger partial charge in [-0.15, -0.1) is 0 Å². The molecule has 0 radical (unpaired) electrons. The summed E-state index contributed by atoms with van der Waals surface area (Å²) >= 11 is 0. The first-order valence-corrected chi connectivity index (χ1v) is 4.75. The summed E-state index contributed by atoms with van der Waals surface area (Å²) < 4.78 is 10.1. The molecule has 0 aliphatic carbocycles. The summed E-state index contributed by atoms with van der Waals surface area (Å²) in [5.41, 5.74) is 5.39. The van der Waals surface area contributed by atoms with E-state index in [4.69, 9.17) is 20.5 Å². The van der Waals surface area contributed by atoms with Gasteiger partial charge in [-0.25, -0.2) is 0 Å². The monoisotopic (exact) mass is 213 g/mol. The molecule has 1 aliphatic heterocycles. The Hall–Kier alpha value is -1.16. The van der Waals surface area contributed by atoms with Crippen molar-refractivity contribution >= 4 is 5.91 Å². The molecule has 1 saturated heterocycles. The van der Waals surface area contributed by atoms with Crippen molar-refractivity contribution in [3.05, 3.63) is 0 Å². The Labute approximate surface area is 88.5 Å². The van der Waals surface area contributed by atoms with E-state index in [2.05, 4.69) is 0 Å². The molecule has 0 bridgehead atoms. The summed E-state index contributed by atoms with van der Waals surface area (Å²) in [6, 6.07) is 1.98. The average molecular weight is 213 g/mol. The lowest BCUT2D eigenvalue weighted by Gasteiger charge is -2.31. The highest BCUT2D eigenvalue weighted by Gasteiger charge is 2.28. The molecule has 6 heteroatoms. The van der Waals surface area contributed by atoms with Gasteiger partial charge in [0.1, 0.15) is 6.10 Å². The van der Waals surface area contributed by atoms with E-state index in [0.717, 1.165) is 0 Å². The van der Waals surface area contributed by atoms with Gasteiger partial charge in [0.05, 0.1) is 19.2 Å². The van der Waals surface area contributed by atoms with E-state index in [1.54, 1.807) is 4.90 Å². The van der Waals surface area contributed by atoms with E-state index in [9.17, 15) is 4.79 Å². The number of nitrogens with zero attached hydrogens (tertiary/aromatic N) is 2. The second kappa shape index (κ2) is 5.66. The van der Waals surface area contributed by atoms with E-state index >= 15 is 0 Å². The van der Waals surface area contributed by atoms with Crippen molar-refractivity contribution in [2.24, 2.45) is 5.73 Å². The van der Waals surface area contributed by atoms with Gasteiger partial charge >= 0.3 is 0 Å². The van der Waals surface area contributed by atoms with E-state index in [0.29, 0.717) is 13.2 Å². The number of hydrogen-bond donors (Lipinski definition) is 1. The number of nitrogens with two attached hydrogens (primary N) is 1. The van der Waals surface area contributed by atoms with Crippen molar-refractivity contribution in [2.75, 3.05) is 33.4 Å². The molecular weight excluding hydrogens is 198 g/mol. The molecule has 0 aromatic heterocycles. The summed E-state index contributed by atoms with van der Waals surface area (Å²) in [6.07, 6.45) is -1.17. The normalized spacial score (nSPS) is 23.3. The van der Waals surface area contributed by atoms with Crippen LogP contribution in [0.15, 0.2) is 0 Å². The van der Waals surface area contributed by atoms with Gasteiger partial charge in [0.15, 0.2) is 6.10 Å². The fraction of sp³-hybridized carbons (Fsp3) is 0.778. The third-order valence-corrected chi connectivity index (χ3v) is 2.30. The number of hydrogen-bond acceptors (Lipinski definition) is 5. The van der Waals surface area contributed by atoms with Gasteiger partial charge in [0, 0.05) is 20.2 Å². The van der Waals surface area contributed by atoms with Crippen LogP contribution in [-0.4, -0.2) is 56.4 Å². The van der Waals surface area contributed by atoms with Crippen LogP contribution in [0.3, 0.4) is 0 Å². The fourth-order valence-electron chi connectivity index (χ4n) is 1.43. The number of nitriles is 1. The summed E-state index contributed by atoms with van der Waals surface area (Å²) in [5.74, 6) is -0.177. The lowest BCUT2D eigenvalue weighted by molar-refractivity contribution is -0.147. The van der Waals surface area contributed by atoms with Crippen LogP contribution < -0.4 is 5.73 Å². The van der Waals surface area contributed by atoms with Crippen LogP contribution in [0, 0.1) is 11.3 Å². The predicted octanol–water partition coefficient (Wildman–Crippen LogP) is -1.29. The molecule has 0 spiro atoms. The Morgan fingerprint density at radius 1 is 1.87 bits per heavy atom. The zero-order valence-corrected chi connectivity index (χ0v) is 8.68. The number of amides is 1. The first kappa shape index (κ1) is 11.9. The van der Waals surface area contributed by atoms with Crippen molar-refractivity contribution < 1.29 is 14.3 Å². The molecule has 0 aromatic carbocycles. The molecule has 1 heterocycles. The molecular formula is C9H15N3O3. The lowest BCUT2D eigenvalue weighted by atomic mass is 10.2. The van der Waals surface area contributed by atoms with E-state index in [-0.39, 0.29) is 19.0 Å². The Kier molecular flexibility index (Phi) is 4.49. The van der Waals surface area contributed by atoms with Crippen LogP contribution in [0.25, 0.3) is 0 Å². The smallest absolute Gasteiger partial charge is 0.253 e. The topological polar surface area (TPSA) is 88.6 Å². The second-order valence-electron chi connectivity index (χ2n) is 3.23. The van der Waals surface area contributed by atoms with Crippen LogP contribution in [0.1, 0.15) is 0 Å². The Balaban J connectivity index is 2.56. The maximum absolute atomic E-state index is 11.8. The van der Waals surface area contributed by atoms with Gasteiger partial charge in [-0.05, 0) is 0 Å². The first-order valence-electron chi connectivity index (χ1n) is 4.75. The molecule has 2 N–H and O–H groups in total. The van der Waals surface area contributed by atoms with Crippen molar-refractivity contribution in [1.82, 2.24) is 4.90 Å². The molecule has 2 unspecified atom stereocenters. The van der Waals surface area contributed by atoms with E-state index in [1.165, 1.54) is 7.11 Å². The van der Waals surface area contributed by atoms with Gasteiger partial charge in [-0.3, -0.25) is 4.79 Å². The van der Waals surface area contributed by atoms with Gasteiger partial charge in [0.25, 0.3) is 5.91 Å². The van der Waals surface area contributed by atoms with Crippen molar-refractivity contribution in [3.63, 3.8) is 0 Å². The van der Waals surface area contributed by atoms with Crippen molar-refractivity contribution in [2.45, 2.75) is 12.2 Å². The van der Waals surface area contributed by atoms with Crippen LogP contribution in [0.2, 0.25) is 0 Å². The van der Waals surface area contributed by atoms with Gasteiger partial charge in [-0.1, -0.05) is 0 Å². The van der Waals surface area contributed by atoms with E-state index < -0.39 is 12.2 Å². The second-order valence-corrected chi connectivity index (χ2v) is 3.23. The molecule has 84 valence electrons. The Bertz CT molecular complexity index is 260. The van der Waals surface area contributed by atoms with Crippen LogP contribution in [-0.2, 0) is 14.3 Å². The highest BCUT2D eigenvalue weighted by molar-refractivity contribution is 5.81. The maximum atomic E-state index is 11.8. The molecule has 6 nitrogen and oxygen atoms in total. The fourth-order valence-corrected chi connectivity index (χ4v) is 1.43. The standard InChI is InChI=1S/C9H15N3O3/c1-14-8(5-11)9(13)12-2-3-15-7(4-10)6-12/h7-8H,2-3,5-6,11H2,1H3. The molecule has 15 heavy (non-hydrogen) atoms. The Morgan fingerprint density at radius 2 is 2.60 bits per heavy atom. The summed E-state index contributed by atoms with van der Waals surface area (Å²) in [5, 5.41) is 8.67. The molecule has 1 amide bonds. The minimum atomic E-state index is -0.623. The van der Waals surface area contributed by atoms with E-state index in [1.807, 2.05) is 6.07 Å². The summed E-state index contributed by atoms with van der Waals surface area (Å²) in [6.45, 7) is 1.29.